The van der Waals surface area contributed by atoms with E-state index in [-0.39, 0.29) is 18.4 Å². The lowest BCUT2D eigenvalue weighted by Gasteiger charge is -2.18. The molecule has 0 bridgehead atoms. The van der Waals surface area contributed by atoms with Crippen LogP contribution in [0.2, 0.25) is 0 Å². The first-order chi connectivity index (χ1) is 16.3. The topological polar surface area (TPSA) is 58.9 Å². The van der Waals surface area contributed by atoms with Gasteiger partial charge in [0, 0.05) is 6.07 Å². The molecule has 6 heteroatoms. The molecule has 0 aliphatic rings. The molecule has 1 atom stereocenters. The summed E-state index contributed by atoms with van der Waals surface area (Å²) in [4.78, 5) is 13.3. The smallest absolute Gasteiger partial charge is 0.237 e. The Morgan fingerprint density at radius 2 is 1.76 bits per heavy atom. The SMILES string of the molecule is O=C(C[n+]1cccc(-c2cc(C(Oc3ccccc3)c3ccccc3)[nH]n2)c1)c1cccs1. The molecular formula is C27H22N3O2S+. The van der Waals surface area contributed by atoms with Gasteiger partial charge in [0.2, 0.25) is 12.3 Å². The molecule has 2 aromatic carbocycles. The highest BCUT2D eigenvalue weighted by atomic mass is 32.1. The number of nitrogens with one attached hydrogen (secondary N) is 1. The third-order valence-corrected chi connectivity index (χ3v) is 6.17. The van der Waals surface area contributed by atoms with Crippen molar-refractivity contribution in [3.05, 3.63) is 125 Å². The molecule has 0 aliphatic heterocycles. The number of pyridine rings is 1. The van der Waals surface area contributed by atoms with Crippen LogP contribution in [0.25, 0.3) is 11.3 Å². The Morgan fingerprint density at radius 3 is 2.52 bits per heavy atom. The highest BCUT2D eigenvalue weighted by Crippen LogP contribution is 2.29. The lowest BCUT2D eigenvalue weighted by Crippen LogP contribution is -2.37. The number of carbonyl (C=O) groups excluding carboxylic acids is 1. The number of Topliss-reactive ketones (excluding diaryl/α,β-unsaturated/α-hetero) is 1. The molecule has 0 amide bonds. The van der Waals surface area contributed by atoms with Crippen LogP contribution in [0.15, 0.2) is 109 Å². The summed E-state index contributed by atoms with van der Waals surface area (Å²) < 4.78 is 8.22. The first-order valence-corrected chi connectivity index (χ1v) is 11.5. The predicted octanol–water partition coefficient (Wildman–Crippen LogP) is 5.48. The first-order valence-electron chi connectivity index (χ1n) is 10.6. The minimum Gasteiger partial charge on any atom is -0.479 e. The Balaban J connectivity index is 1.41. The number of hydrogen-bond donors (Lipinski definition) is 1. The third-order valence-electron chi connectivity index (χ3n) is 5.26. The van der Waals surface area contributed by atoms with Gasteiger partial charge in [-0.2, -0.15) is 9.67 Å². The van der Waals surface area contributed by atoms with Crippen molar-refractivity contribution in [1.29, 1.82) is 0 Å². The Morgan fingerprint density at radius 1 is 0.970 bits per heavy atom. The standard InChI is InChI=1S/C27H22N3O2S/c31-25(26-14-8-16-33-26)19-30-15-7-11-21(18-30)23-17-24(29-28-23)27(20-9-3-1-4-10-20)32-22-12-5-2-6-13-22/h1-18,27H,19H2,(H,28,29)/q+1. The summed E-state index contributed by atoms with van der Waals surface area (Å²) in [5, 5.41) is 9.62. The number of hydrogen-bond acceptors (Lipinski definition) is 4. The summed E-state index contributed by atoms with van der Waals surface area (Å²) >= 11 is 1.46. The molecule has 0 spiro atoms. The number of aromatic amines is 1. The van der Waals surface area contributed by atoms with Gasteiger partial charge < -0.3 is 4.74 Å². The van der Waals surface area contributed by atoms with E-state index >= 15 is 0 Å². The summed E-state index contributed by atoms with van der Waals surface area (Å²) in [6.07, 6.45) is 3.51. The Kier molecular flexibility index (Phi) is 6.08. The van der Waals surface area contributed by atoms with Crippen molar-refractivity contribution in [2.75, 3.05) is 0 Å². The van der Waals surface area contributed by atoms with E-state index in [1.54, 1.807) is 0 Å². The van der Waals surface area contributed by atoms with Gasteiger partial charge in [0.15, 0.2) is 18.5 Å². The van der Waals surface area contributed by atoms with Crippen LogP contribution in [0, 0.1) is 0 Å². The fourth-order valence-corrected chi connectivity index (χ4v) is 4.30. The van der Waals surface area contributed by atoms with Crippen molar-refractivity contribution in [3.63, 3.8) is 0 Å². The number of thiophene rings is 1. The van der Waals surface area contributed by atoms with Gasteiger partial charge in [0.1, 0.15) is 5.75 Å². The van der Waals surface area contributed by atoms with E-state index in [0.29, 0.717) is 0 Å². The summed E-state index contributed by atoms with van der Waals surface area (Å²) in [5.41, 5.74) is 3.59. The summed E-state index contributed by atoms with van der Waals surface area (Å²) in [6.45, 7) is 0.287. The minimum absolute atomic E-state index is 0.0928. The number of para-hydroxylation sites is 1. The van der Waals surface area contributed by atoms with E-state index in [2.05, 4.69) is 10.2 Å². The van der Waals surface area contributed by atoms with Gasteiger partial charge in [0.25, 0.3) is 0 Å². The molecular weight excluding hydrogens is 430 g/mol. The molecule has 3 aromatic heterocycles. The van der Waals surface area contributed by atoms with E-state index in [1.807, 2.05) is 113 Å². The normalized spacial score (nSPS) is 11.8. The first kappa shape index (κ1) is 20.8. The molecule has 1 N–H and O–H groups in total. The van der Waals surface area contributed by atoms with Gasteiger partial charge in [-0.15, -0.1) is 11.3 Å². The van der Waals surface area contributed by atoms with Crippen LogP contribution >= 0.6 is 11.3 Å². The molecule has 0 saturated carbocycles. The Hall–Kier alpha value is -4.03. The van der Waals surface area contributed by atoms with Gasteiger partial charge in [-0.1, -0.05) is 54.6 Å². The highest BCUT2D eigenvalue weighted by Gasteiger charge is 2.20. The van der Waals surface area contributed by atoms with Crippen molar-refractivity contribution >= 4 is 17.1 Å². The van der Waals surface area contributed by atoms with Crippen LogP contribution < -0.4 is 9.30 Å². The lowest BCUT2D eigenvalue weighted by atomic mass is 10.1. The maximum absolute atomic E-state index is 12.5. The van der Waals surface area contributed by atoms with Crippen LogP contribution in [-0.4, -0.2) is 16.0 Å². The van der Waals surface area contributed by atoms with Gasteiger partial charge in [-0.05, 0) is 41.3 Å². The molecule has 0 radical (unpaired) electrons. The van der Waals surface area contributed by atoms with Crippen molar-refractivity contribution in [3.8, 4) is 17.0 Å². The second-order valence-corrected chi connectivity index (χ2v) is 8.54. The molecule has 1 unspecified atom stereocenters. The van der Waals surface area contributed by atoms with Crippen molar-refractivity contribution in [2.45, 2.75) is 12.6 Å². The monoisotopic (exact) mass is 452 g/mol. The van der Waals surface area contributed by atoms with Crippen LogP contribution in [0.4, 0.5) is 0 Å². The second kappa shape index (κ2) is 9.63. The van der Waals surface area contributed by atoms with Gasteiger partial charge in [0.05, 0.1) is 21.8 Å². The summed E-state index contributed by atoms with van der Waals surface area (Å²) in [5.74, 6) is 0.877. The van der Waals surface area contributed by atoms with E-state index in [4.69, 9.17) is 4.74 Å². The van der Waals surface area contributed by atoms with E-state index in [0.717, 1.165) is 33.1 Å². The van der Waals surface area contributed by atoms with Crippen LogP contribution in [0.3, 0.4) is 0 Å². The summed E-state index contributed by atoms with van der Waals surface area (Å²) in [7, 11) is 0. The van der Waals surface area contributed by atoms with Crippen molar-refractivity contribution < 1.29 is 14.1 Å². The average molecular weight is 453 g/mol. The second-order valence-electron chi connectivity index (χ2n) is 7.60. The van der Waals surface area contributed by atoms with Crippen LogP contribution in [0.5, 0.6) is 5.75 Å². The fraction of sp³-hybridized carbons (Fsp3) is 0.0741. The number of carbonyl (C=O) groups is 1. The van der Waals surface area contributed by atoms with E-state index < -0.39 is 0 Å². The maximum Gasteiger partial charge on any atom is 0.237 e. The molecule has 5 aromatic rings. The number of ether oxygens (including phenoxy) is 1. The number of rotatable bonds is 8. The summed E-state index contributed by atoms with van der Waals surface area (Å²) in [6, 6.07) is 29.5. The van der Waals surface area contributed by atoms with Gasteiger partial charge in [-0.25, -0.2) is 0 Å². The number of H-pyrrole nitrogens is 1. The molecule has 3 heterocycles. The molecule has 5 rings (SSSR count). The van der Waals surface area contributed by atoms with Gasteiger partial charge >= 0.3 is 0 Å². The maximum atomic E-state index is 12.5. The zero-order valence-corrected chi connectivity index (χ0v) is 18.6. The van der Waals surface area contributed by atoms with E-state index in [1.165, 1.54) is 11.3 Å². The molecule has 0 fully saturated rings. The zero-order chi connectivity index (χ0) is 22.5. The number of ketones is 1. The number of nitrogens with zero attached hydrogens (tertiary/aromatic N) is 2. The number of benzene rings is 2. The van der Waals surface area contributed by atoms with Crippen molar-refractivity contribution in [1.82, 2.24) is 10.2 Å². The average Bonchev–Trinajstić information content (AvgIpc) is 3.57. The number of aromatic nitrogens is 3. The largest absolute Gasteiger partial charge is 0.479 e. The Bertz CT molecular complexity index is 1330. The Labute approximate surface area is 195 Å². The zero-order valence-electron chi connectivity index (χ0n) is 17.8. The molecule has 162 valence electrons. The molecule has 33 heavy (non-hydrogen) atoms. The lowest BCUT2D eigenvalue weighted by molar-refractivity contribution is -0.682. The minimum atomic E-state index is -0.328. The fourth-order valence-electron chi connectivity index (χ4n) is 3.65. The van der Waals surface area contributed by atoms with Gasteiger partial charge in [-0.3, -0.25) is 9.89 Å². The highest BCUT2D eigenvalue weighted by molar-refractivity contribution is 7.12. The molecule has 5 nitrogen and oxygen atoms in total. The molecule has 0 aliphatic carbocycles. The van der Waals surface area contributed by atoms with Crippen LogP contribution in [0.1, 0.15) is 27.0 Å². The van der Waals surface area contributed by atoms with Crippen LogP contribution in [-0.2, 0) is 6.54 Å². The third kappa shape index (κ3) is 4.91. The quantitative estimate of drug-likeness (QED) is 0.251. The van der Waals surface area contributed by atoms with E-state index in [9.17, 15) is 4.79 Å². The molecule has 0 saturated heterocycles. The predicted molar refractivity (Wildman–Crippen MR) is 128 cm³/mol. The van der Waals surface area contributed by atoms with Crippen molar-refractivity contribution in [2.24, 2.45) is 0 Å².